The average molecular weight is 436 g/mol. The lowest BCUT2D eigenvalue weighted by molar-refractivity contribution is 0.174. The van der Waals surface area contributed by atoms with Gasteiger partial charge in [-0.15, -0.1) is 0 Å². The van der Waals surface area contributed by atoms with E-state index in [1.165, 1.54) is 0 Å². The van der Waals surface area contributed by atoms with E-state index in [4.69, 9.17) is 18.9 Å². The van der Waals surface area contributed by atoms with Gasteiger partial charge in [0.25, 0.3) is 0 Å². The highest BCUT2D eigenvalue weighted by Gasteiger charge is 2.13. The first-order chi connectivity index (χ1) is 13.1. The fourth-order valence-corrected chi connectivity index (χ4v) is 3.13. The predicted molar refractivity (Wildman–Crippen MR) is 107 cm³/mol. The molecule has 0 amide bonds. The summed E-state index contributed by atoms with van der Waals surface area (Å²) >= 11 is 3.57. The van der Waals surface area contributed by atoms with Crippen LogP contribution in [0.1, 0.15) is 11.1 Å². The van der Waals surface area contributed by atoms with Gasteiger partial charge in [0.05, 0.1) is 14.2 Å². The number of methoxy groups -OCH3 is 2. The van der Waals surface area contributed by atoms with E-state index in [0.717, 1.165) is 27.1 Å². The predicted octanol–water partition coefficient (Wildman–Crippen LogP) is 3.06. The Kier molecular flexibility index (Phi) is 6.28. The Bertz CT molecular complexity index is 842. The van der Waals surface area contributed by atoms with Gasteiger partial charge in [0.1, 0.15) is 0 Å². The molecule has 0 unspecified atom stereocenters. The van der Waals surface area contributed by atoms with Crippen LogP contribution in [0.4, 0.5) is 0 Å². The van der Waals surface area contributed by atoms with Crippen LogP contribution < -0.4 is 29.6 Å². The van der Waals surface area contributed by atoms with Crippen LogP contribution in [0, 0.1) is 0 Å². The molecular formula is C19H22BrN3O4. The molecule has 3 rings (SSSR count). The van der Waals surface area contributed by atoms with Crippen LogP contribution in [0.3, 0.4) is 0 Å². The van der Waals surface area contributed by atoms with Crippen LogP contribution in [0.15, 0.2) is 39.8 Å². The van der Waals surface area contributed by atoms with Gasteiger partial charge in [-0.3, -0.25) is 4.99 Å². The van der Waals surface area contributed by atoms with Gasteiger partial charge in [-0.2, -0.15) is 0 Å². The third-order valence-corrected chi connectivity index (χ3v) is 4.86. The van der Waals surface area contributed by atoms with Crippen molar-refractivity contribution < 1.29 is 18.9 Å². The van der Waals surface area contributed by atoms with E-state index in [0.29, 0.717) is 30.5 Å². The lowest BCUT2D eigenvalue weighted by Gasteiger charge is -2.15. The van der Waals surface area contributed by atoms with E-state index < -0.39 is 0 Å². The number of fused-ring (bicyclic) bond motifs is 1. The summed E-state index contributed by atoms with van der Waals surface area (Å²) in [5.41, 5.74) is 2.10. The van der Waals surface area contributed by atoms with Gasteiger partial charge in [-0.25, -0.2) is 0 Å². The summed E-state index contributed by atoms with van der Waals surface area (Å²) < 4.78 is 22.3. The highest BCUT2D eigenvalue weighted by Crippen LogP contribution is 2.33. The second kappa shape index (κ2) is 8.85. The first-order valence-corrected chi connectivity index (χ1v) is 9.17. The molecule has 7 nitrogen and oxygen atoms in total. The van der Waals surface area contributed by atoms with Crippen LogP contribution in [0.5, 0.6) is 23.0 Å². The minimum atomic E-state index is 0.273. The van der Waals surface area contributed by atoms with E-state index in [2.05, 4.69) is 31.6 Å². The summed E-state index contributed by atoms with van der Waals surface area (Å²) in [5, 5.41) is 6.58. The van der Waals surface area contributed by atoms with Gasteiger partial charge in [0.15, 0.2) is 29.0 Å². The number of rotatable bonds is 6. The second-order valence-corrected chi connectivity index (χ2v) is 6.62. The largest absolute Gasteiger partial charge is 0.493 e. The Hall–Kier alpha value is -2.61. The van der Waals surface area contributed by atoms with Crippen molar-refractivity contribution in [2.24, 2.45) is 4.99 Å². The van der Waals surface area contributed by atoms with E-state index in [1.54, 1.807) is 21.3 Å². The van der Waals surface area contributed by atoms with Crippen molar-refractivity contribution in [2.75, 3.05) is 28.1 Å². The molecule has 0 saturated carbocycles. The van der Waals surface area contributed by atoms with E-state index in [9.17, 15) is 0 Å². The Labute approximate surface area is 166 Å². The SMILES string of the molecule is CN=C(NCc1ccc2c(c1)OCO2)NCc1cc(OC)c(OC)cc1Br. The van der Waals surface area contributed by atoms with Crippen molar-refractivity contribution in [3.63, 3.8) is 0 Å². The van der Waals surface area contributed by atoms with Crippen molar-refractivity contribution >= 4 is 21.9 Å². The monoisotopic (exact) mass is 435 g/mol. The van der Waals surface area contributed by atoms with Crippen LogP contribution in [-0.4, -0.2) is 34.0 Å². The molecule has 0 radical (unpaired) electrons. The van der Waals surface area contributed by atoms with E-state index >= 15 is 0 Å². The van der Waals surface area contributed by atoms with E-state index in [1.807, 2.05) is 30.3 Å². The summed E-state index contributed by atoms with van der Waals surface area (Å²) in [6.07, 6.45) is 0. The molecule has 27 heavy (non-hydrogen) atoms. The summed E-state index contributed by atoms with van der Waals surface area (Å²) in [6, 6.07) is 9.70. The molecule has 2 N–H and O–H groups in total. The number of guanidine groups is 1. The van der Waals surface area contributed by atoms with Gasteiger partial charge < -0.3 is 29.6 Å². The fraction of sp³-hybridized carbons (Fsp3) is 0.316. The Morgan fingerprint density at radius 2 is 1.74 bits per heavy atom. The number of aliphatic imine (C=N–C) groups is 1. The molecule has 0 saturated heterocycles. The van der Waals surface area contributed by atoms with E-state index in [-0.39, 0.29) is 6.79 Å². The number of benzene rings is 2. The molecule has 1 aliphatic rings. The first-order valence-electron chi connectivity index (χ1n) is 8.38. The zero-order valence-corrected chi connectivity index (χ0v) is 17.1. The summed E-state index contributed by atoms with van der Waals surface area (Å²) in [5.74, 6) is 3.60. The molecule has 2 aromatic rings. The summed E-state index contributed by atoms with van der Waals surface area (Å²) in [4.78, 5) is 4.26. The highest BCUT2D eigenvalue weighted by atomic mass is 79.9. The maximum absolute atomic E-state index is 5.41. The Balaban J connectivity index is 1.59. The smallest absolute Gasteiger partial charge is 0.231 e. The van der Waals surface area contributed by atoms with Crippen molar-refractivity contribution in [2.45, 2.75) is 13.1 Å². The molecule has 1 heterocycles. The van der Waals surface area contributed by atoms with Crippen LogP contribution in [0.25, 0.3) is 0 Å². The maximum Gasteiger partial charge on any atom is 0.231 e. The number of nitrogens with one attached hydrogen (secondary N) is 2. The normalized spacial score (nSPS) is 12.7. The Morgan fingerprint density at radius 3 is 2.48 bits per heavy atom. The van der Waals surface area contributed by atoms with Crippen molar-refractivity contribution in [1.29, 1.82) is 0 Å². The maximum atomic E-state index is 5.41. The minimum absolute atomic E-state index is 0.273. The third-order valence-electron chi connectivity index (χ3n) is 4.12. The Morgan fingerprint density at radius 1 is 1.04 bits per heavy atom. The van der Waals surface area contributed by atoms with Gasteiger partial charge in [0.2, 0.25) is 6.79 Å². The molecule has 0 aliphatic carbocycles. The minimum Gasteiger partial charge on any atom is -0.493 e. The van der Waals surface area contributed by atoms with Crippen LogP contribution >= 0.6 is 15.9 Å². The summed E-state index contributed by atoms with van der Waals surface area (Å²) in [7, 11) is 4.97. The quantitative estimate of drug-likeness (QED) is 0.536. The molecule has 2 aromatic carbocycles. The number of hydrogen-bond acceptors (Lipinski definition) is 5. The molecular weight excluding hydrogens is 414 g/mol. The molecule has 0 spiro atoms. The van der Waals surface area contributed by atoms with Gasteiger partial charge >= 0.3 is 0 Å². The van der Waals surface area contributed by atoms with Gasteiger partial charge in [0, 0.05) is 24.6 Å². The molecule has 0 bridgehead atoms. The lowest BCUT2D eigenvalue weighted by atomic mass is 10.2. The standard InChI is InChI=1S/C19H22BrN3O4/c1-21-19(22-9-12-4-5-15-18(6-12)27-11-26-15)23-10-13-7-16(24-2)17(25-3)8-14(13)20/h4-8H,9-11H2,1-3H3,(H2,21,22,23). The average Bonchev–Trinajstić information content (AvgIpc) is 3.16. The molecule has 8 heteroatoms. The molecule has 0 fully saturated rings. The van der Waals surface area contributed by atoms with Crippen LogP contribution in [0.2, 0.25) is 0 Å². The molecule has 0 atom stereocenters. The number of nitrogens with zero attached hydrogens (tertiary/aromatic N) is 1. The van der Waals surface area contributed by atoms with Gasteiger partial charge in [-0.1, -0.05) is 22.0 Å². The zero-order chi connectivity index (χ0) is 19.2. The lowest BCUT2D eigenvalue weighted by Crippen LogP contribution is -2.36. The molecule has 0 aromatic heterocycles. The number of hydrogen-bond donors (Lipinski definition) is 2. The van der Waals surface area contributed by atoms with Crippen molar-refractivity contribution in [3.8, 4) is 23.0 Å². The van der Waals surface area contributed by atoms with Crippen LogP contribution in [-0.2, 0) is 13.1 Å². The topological polar surface area (TPSA) is 73.3 Å². The molecule has 144 valence electrons. The highest BCUT2D eigenvalue weighted by molar-refractivity contribution is 9.10. The number of halogens is 1. The summed E-state index contributed by atoms with van der Waals surface area (Å²) in [6.45, 7) is 1.46. The zero-order valence-electron chi connectivity index (χ0n) is 15.5. The third kappa shape index (κ3) is 4.57. The van der Waals surface area contributed by atoms with Gasteiger partial charge in [-0.05, 0) is 35.4 Å². The van der Waals surface area contributed by atoms with Crippen molar-refractivity contribution in [1.82, 2.24) is 10.6 Å². The number of ether oxygens (including phenoxy) is 4. The fourth-order valence-electron chi connectivity index (χ4n) is 2.67. The van der Waals surface area contributed by atoms with Crippen molar-refractivity contribution in [3.05, 3.63) is 45.9 Å². The second-order valence-electron chi connectivity index (χ2n) is 5.77. The first kappa shape index (κ1) is 19.2. The molecule has 1 aliphatic heterocycles.